The minimum Gasteiger partial charge on any atom is -0.316 e. The summed E-state index contributed by atoms with van der Waals surface area (Å²) in [5.74, 6) is 0.286. The minimum atomic E-state index is -0.437. The summed E-state index contributed by atoms with van der Waals surface area (Å²) < 4.78 is 0.714. The van der Waals surface area contributed by atoms with Crippen molar-refractivity contribution in [2.24, 2.45) is 0 Å². The van der Waals surface area contributed by atoms with E-state index in [0.717, 1.165) is 0 Å². The molecule has 2 heterocycles. The predicted octanol–water partition coefficient (Wildman–Crippen LogP) is 2.43. The monoisotopic (exact) mass is 329 g/mol. The molecule has 1 amide bonds. The number of anilines is 1. The molecule has 94 valence electrons. The molecular formula is C10H9BrClN5O. The van der Waals surface area contributed by atoms with E-state index in [4.69, 9.17) is 11.6 Å². The molecule has 6 nitrogen and oxygen atoms in total. The summed E-state index contributed by atoms with van der Waals surface area (Å²) >= 11 is 9.11. The number of nitrogens with one attached hydrogen (secondary N) is 2. The molecule has 2 N–H and O–H groups in total. The van der Waals surface area contributed by atoms with E-state index >= 15 is 0 Å². The summed E-state index contributed by atoms with van der Waals surface area (Å²) in [6.07, 6.45) is 2.22. The second-order valence-corrected chi connectivity index (χ2v) is 4.68. The zero-order valence-corrected chi connectivity index (χ0v) is 11.7. The van der Waals surface area contributed by atoms with Crippen molar-refractivity contribution in [3.05, 3.63) is 33.5 Å². The van der Waals surface area contributed by atoms with Crippen molar-refractivity contribution in [1.29, 1.82) is 0 Å². The Morgan fingerprint density at radius 1 is 1.61 bits per heavy atom. The standard InChI is InChI=1S/C10H9BrClN5O/c1-2-7-15-9(17-16-7)10(18)14-6-3-5(11)4-13-8(6)12/h3-4H,2H2,1H3,(H,14,18)(H,15,16,17). The average Bonchev–Trinajstić information content (AvgIpc) is 2.82. The third-order valence-electron chi connectivity index (χ3n) is 2.12. The van der Waals surface area contributed by atoms with Crippen molar-refractivity contribution in [2.45, 2.75) is 13.3 Å². The molecule has 0 atom stereocenters. The highest BCUT2D eigenvalue weighted by Crippen LogP contribution is 2.23. The largest absolute Gasteiger partial charge is 0.316 e. The Balaban J connectivity index is 2.18. The smallest absolute Gasteiger partial charge is 0.295 e. The molecule has 18 heavy (non-hydrogen) atoms. The molecule has 2 aromatic rings. The first-order valence-corrected chi connectivity index (χ1v) is 6.31. The molecule has 0 radical (unpaired) electrons. The first-order chi connectivity index (χ1) is 8.60. The third-order valence-corrected chi connectivity index (χ3v) is 2.86. The van der Waals surface area contributed by atoms with Crippen molar-refractivity contribution in [3.8, 4) is 0 Å². The molecule has 0 fully saturated rings. The van der Waals surface area contributed by atoms with Crippen LogP contribution in [0.2, 0.25) is 5.15 Å². The number of carbonyl (C=O) groups is 1. The van der Waals surface area contributed by atoms with Gasteiger partial charge in [0.1, 0.15) is 5.82 Å². The maximum atomic E-state index is 11.8. The van der Waals surface area contributed by atoms with Gasteiger partial charge in [-0.3, -0.25) is 9.89 Å². The van der Waals surface area contributed by atoms with E-state index in [0.29, 0.717) is 22.4 Å². The van der Waals surface area contributed by atoms with Crippen molar-refractivity contribution in [2.75, 3.05) is 5.32 Å². The van der Waals surface area contributed by atoms with Crippen LogP contribution in [0, 0.1) is 0 Å². The highest BCUT2D eigenvalue weighted by molar-refractivity contribution is 9.10. The van der Waals surface area contributed by atoms with Gasteiger partial charge >= 0.3 is 0 Å². The summed E-state index contributed by atoms with van der Waals surface area (Å²) in [7, 11) is 0. The first-order valence-electron chi connectivity index (χ1n) is 5.14. The van der Waals surface area contributed by atoms with Crippen LogP contribution < -0.4 is 5.32 Å². The molecule has 0 saturated heterocycles. The van der Waals surface area contributed by atoms with E-state index in [2.05, 4.69) is 41.4 Å². The number of hydrogen-bond acceptors (Lipinski definition) is 4. The van der Waals surface area contributed by atoms with E-state index in [9.17, 15) is 4.79 Å². The number of carbonyl (C=O) groups excluding carboxylic acids is 1. The normalized spacial score (nSPS) is 10.4. The number of aryl methyl sites for hydroxylation is 1. The fourth-order valence-corrected chi connectivity index (χ4v) is 1.73. The molecule has 0 spiro atoms. The Kier molecular flexibility index (Phi) is 3.93. The molecule has 0 saturated carbocycles. The summed E-state index contributed by atoms with van der Waals surface area (Å²) in [6, 6.07) is 1.65. The minimum absolute atomic E-state index is 0.0721. The van der Waals surface area contributed by atoms with Crippen LogP contribution in [0.15, 0.2) is 16.7 Å². The van der Waals surface area contributed by atoms with Gasteiger partial charge in [-0.15, -0.1) is 5.10 Å². The van der Waals surface area contributed by atoms with Gasteiger partial charge in [0, 0.05) is 17.1 Å². The number of aromatic nitrogens is 4. The van der Waals surface area contributed by atoms with Gasteiger partial charge < -0.3 is 5.32 Å². The second kappa shape index (κ2) is 5.45. The van der Waals surface area contributed by atoms with Gasteiger partial charge in [-0.1, -0.05) is 18.5 Å². The van der Waals surface area contributed by atoms with E-state index in [1.807, 2.05) is 6.92 Å². The third kappa shape index (κ3) is 2.85. The van der Waals surface area contributed by atoms with Crippen LogP contribution >= 0.6 is 27.5 Å². The van der Waals surface area contributed by atoms with Crippen LogP contribution in [0.4, 0.5) is 5.69 Å². The van der Waals surface area contributed by atoms with Crippen LogP contribution in [0.25, 0.3) is 0 Å². The number of nitrogens with zero attached hydrogens (tertiary/aromatic N) is 3. The highest BCUT2D eigenvalue weighted by Gasteiger charge is 2.14. The number of H-pyrrole nitrogens is 1. The molecule has 0 bridgehead atoms. The maximum absolute atomic E-state index is 11.8. The summed E-state index contributed by atoms with van der Waals surface area (Å²) in [5, 5.41) is 9.28. The lowest BCUT2D eigenvalue weighted by Gasteiger charge is -2.04. The van der Waals surface area contributed by atoms with Gasteiger partial charge in [0.25, 0.3) is 5.91 Å². The number of halogens is 2. The zero-order chi connectivity index (χ0) is 13.1. The number of pyridine rings is 1. The summed E-state index contributed by atoms with van der Waals surface area (Å²) in [6.45, 7) is 1.91. The number of rotatable bonds is 3. The lowest BCUT2D eigenvalue weighted by Crippen LogP contribution is -2.14. The van der Waals surface area contributed by atoms with Gasteiger partial charge in [-0.2, -0.15) is 0 Å². The molecule has 0 aliphatic heterocycles. The number of hydrogen-bond donors (Lipinski definition) is 2. The van der Waals surface area contributed by atoms with E-state index in [-0.39, 0.29) is 11.0 Å². The van der Waals surface area contributed by atoms with Crippen molar-refractivity contribution < 1.29 is 4.79 Å². The summed E-state index contributed by atoms with van der Waals surface area (Å²) in [4.78, 5) is 19.8. The molecule has 2 aromatic heterocycles. The fourth-order valence-electron chi connectivity index (χ4n) is 1.24. The topological polar surface area (TPSA) is 83.6 Å². The van der Waals surface area contributed by atoms with Crippen LogP contribution in [0.1, 0.15) is 23.4 Å². The lowest BCUT2D eigenvalue weighted by atomic mass is 10.4. The van der Waals surface area contributed by atoms with E-state index < -0.39 is 5.91 Å². The van der Waals surface area contributed by atoms with Crippen LogP contribution in [-0.4, -0.2) is 26.1 Å². The fraction of sp³-hybridized carbons (Fsp3) is 0.200. The average molecular weight is 331 g/mol. The summed E-state index contributed by atoms with van der Waals surface area (Å²) in [5.41, 5.74) is 0.402. The molecule has 0 aromatic carbocycles. The SMILES string of the molecule is CCc1nc(C(=O)Nc2cc(Br)cnc2Cl)n[nH]1. The lowest BCUT2D eigenvalue weighted by molar-refractivity contribution is 0.101. The highest BCUT2D eigenvalue weighted by atomic mass is 79.9. The Labute approximate surface area is 116 Å². The van der Waals surface area contributed by atoms with Crippen molar-refractivity contribution in [3.63, 3.8) is 0 Å². The second-order valence-electron chi connectivity index (χ2n) is 3.41. The Morgan fingerprint density at radius 2 is 2.39 bits per heavy atom. The van der Waals surface area contributed by atoms with Gasteiger partial charge in [-0.05, 0) is 22.0 Å². The Bertz CT molecular complexity index is 585. The van der Waals surface area contributed by atoms with E-state index in [1.54, 1.807) is 12.3 Å². The van der Waals surface area contributed by atoms with Gasteiger partial charge in [0.15, 0.2) is 5.15 Å². The quantitative estimate of drug-likeness (QED) is 0.847. The molecular weight excluding hydrogens is 322 g/mol. The van der Waals surface area contributed by atoms with E-state index in [1.165, 1.54) is 0 Å². The van der Waals surface area contributed by atoms with Crippen LogP contribution in [-0.2, 0) is 6.42 Å². The molecule has 0 aliphatic rings. The predicted molar refractivity (Wildman–Crippen MR) is 70.7 cm³/mol. The maximum Gasteiger partial charge on any atom is 0.295 e. The van der Waals surface area contributed by atoms with Gasteiger partial charge in [0.05, 0.1) is 5.69 Å². The van der Waals surface area contributed by atoms with Gasteiger partial charge in [-0.25, -0.2) is 9.97 Å². The zero-order valence-electron chi connectivity index (χ0n) is 9.37. The molecule has 0 unspecified atom stereocenters. The molecule has 8 heteroatoms. The van der Waals surface area contributed by atoms with Crippen LogP contribution in [0.3, 0.4) is 0 Å². The van der Waals surface area contributed by atoms with Gasteiger partial charge in [0.2, 0.25) is 5.82 Å². The van der Waals surface area contributed by atoms with Crippen molar-refractivity contribution in [1.82, 2.24) is 20.2 Å². The van der Waals surface area contributed by atoms with Crippen LogP contribution in [0.5, 0.6) is 0 Å². The molecule has 2 rings (SSSR count). The number of aromatic amines is 1. The first kappa shape index (κ1) is 13.0. The molecule has 0 aliphatic carbocycles. The Hall–Kier alpha value is -1.47. The Morgan fingerprint density at radius 3 is 3.06 bits per heavy atom. The van der Waals surface area contributed by atoms with Crippen molar-refractivity contribution >= 4 is 39.1 Å². The number of amides is 1.